The lowest BCUT2D eigenvalue weighted by Gasteiger charge is -2.34. The van der Waals surface area contributed by atoms with Crippen molar-refractivity contribution >= 4 is 35.4 Å². The normalized spacial score (nSPS) is 15.4. The van der Waals surface area contributed by atoms with E-state index in [4.69, 9.17) is 42.1 Å². The third kappa shape index (κ3) is 7.08. The number of carbonyl (C=O) groups is 2. The van der Waals surface area contributed by atoms with Crippen molar-refractivity contribution < 1.29 is 28.5 Å². The van der Waals surface area contributed by atoms with Crippen LogP contribution >= 0.6 is 23.2 Å². The minimum absolute atomic E-state index is 0.305. The summed E-state index contributed by atoms with van der Waals surface area (Å²) in [5.41, 5.74) is 1.76. The molecule has 2 amide bonds. The zero-order chi connectivity index (χ0) is 24.8. The van der Waals surface area contributed by atoms with Gasteiger partial charge in [0.15, 0.2) is 0 Å². The van der Waals surface area contributed by atoms with E-state index in [0.717, 1.165) is 11.1 Å². The summed E-state index contributed by atoms with van der Waals surface area (Å²) in [6.07, 6.45) is -2.65. The molecule has 0 aliphatic carbocycles. The van der Waals surface area contributed by atoms with Crippen LogP contribution in [0.1, 0.15) is 25.0 Å². The number of piperazine rings is 1. The minimum Gasteiger partial charge on any atom is -0.455 e. The Morgan fingerprint density at radius 1 is 0.735 bits per heavy atom. The highest BCUT2D eigenvalue weighted by Gasteiger charge is 2.28. The Hall–Kier alpha value is -2.84. The fourth-order valence-electron chi connectivity index (χ4n) is 3.31. The number of amides is 2. The summed E-state index contributed by atoms with van der Waals surface area (Å²) >= 11 is 12.0. The molecule has 0 aromatic heterocycles. The van der Waals surface area contributed by atoms with Gasteiger partial charge < -0.3 is 28.7 Å². The van der Waals surface area contributed by atoms with Crippen molar-refractivity contribution in [2.24, 2.45) is 0 Å². The smallest absolute Gasteiger partial charge is 0.412 e. The maximum absolute atomic E-state index is 12.5. The Kier molecular flexibility index (Phi) is 8.74. The summed E-state index contributed by atoms with van der Waals surface area (Å²) in [5.74, 6) is 1.09. The van der Waals surface area contributed by atoms with Gasteiger partial charge in [0.05, 0.1) is 0 Å². The van der Waals surface area contributed by atoms with Gasteiger partial charge in [-0.3, -0.25) is 0 Å². The standard InChI is InChI=1S/C24H28Cl2N2O6/c1-15-5-7-19(25)13-21(15)31-17(3)33-23(29)27-9-11-28(12-10-27)24(30)34-18(4)32-22-14-20(26)8-6-16(22)2/h5-8,13-14,17-18H,9-12H2,1-4H3/t17-,18-/m1/s1. The molecule has 0 spiro atoms. The fourth-order valence-corrected chi connectivity index (χ4v) is 3.64. The van der Waals surface area contributed by atoms with Crippen LogP contribution in [0.3, 0.4) is 0 Å². The third-order valence-electron chi connectivity index (χ3n) is 5.22. The zero-order valence-corrected chi connectivity index (χ0v) is 21.1. The second kappa shape index (κ2) is 11.5. The molecule has 2 aromatic rings. The molecule has 1 aliphatic rings. The van der Waals surface area contributed by atoms with Crippen molar-refractivity contribution in [3.63, 3.8) is 0 Å². The van der Waals surface area contributed by atoms with Crippen LogP contribution in [0.5, 0.6) is 11.5 Å². The van der Waals surface area contributed by atoms with E-state index in [1.807, 2.05) is 26.0 Å². The molecular formula is C24H28Cl2N2O6. The number of hydrogen-bond acceptors (Lipinski definition) is 6. The first-order valence-corrected chi connectivity index (χ1v) is 11.6. The van der Waals surface area contributed by atoms with E-state index in [2.05, 4.69) is 0 Å². The van der Waals surface area contributed by atoms with Gasteiger partial charge >= 0.3 is 12.2 Å². The highest BCUT2D eigenvalue weighted by atomic mass is 35.5. The Labute approximate surface area is 209 Å². The van der Waals surface area contributed by atoms with Gasteiger partial charge in [-0.1, -0.05) is 35.3 Å². The molecule has 0 unspecified atom stereocenters. The highest BCUT2D eigenvalue weighted by molar-refractivity contribution is 6.31. The number of ether oxygens (including phenoxy) is 4. The van der Waals surface area contributed by atoms with Gasteiger partial charge in [-0.2, -0.15) is 0 Å². The number of carbonyl (C=O) groups excluding carboxylic acids is 2. The molecule has 1 saturated heterocycles. The average molecular weight is 511 g/mol. The van der Waals surface area contributed by atoms with E-state index in [0.29, 0.717) is 47.7 Å². The van der Waals surface area contributed by atoms with Gasteiger partial charge in [-0.05, 0) is 49.2 Å². The van der Waals surface area contributed by atoms with Crippen LogP contribution in [0, 0.1) is 13.8 Å². The van der Waals surface area contributed by atoms with E-state index in [9.17, 15) is 9.59 Å². The van der Waals surface area contributed by atoms with E-state index in [1.54, 1.807) is 38.1 Å². The quantitative estimate of drug-likeness (QED) is 0.467. The zero-order valence-electron chi connectivity index (χ0n) is 19.5. The minimum atomic E-state index is -0.805. The van der Waals surface area contributed by atoms with Gasteiger partial charge in [0.25, 0.3) is 0 Å². The topological polar surface area (TPSA) is 77.5 Å². The van der Waals surface area contributed by atoms with Crippen molar-refractivity contribution in [1.82, 2.24) is 9.80 Å². The van der Waals surface area contributed by atoms with Crippen molar-refractivity contribution in [2.75, 3.05) is 26.2 Å². The predicted molar refractivity (Wildman–Crippen MR) is 129 cm³/mol. The van der Waals surface area contributed by atoms with Gasteiger partial charge in [0, 0.05) is 50.1 Å². The van der Waals surface area contributed by atoms with Gasteiger partial charge in [-0.15, -0.1) is 0 Å². The number of aryl methyl sites for hydroxylation is 2. The first kappa shape index (κ1) is 25.8. The molecule has 34 heavy (non-hydrogen) atoms. The van der Waals surface area contributed by atoms with Crippen molar-refractivity contribution in [3.05, 3.63) is 57.6 Å². The second-order valence-electron chi connectivity index (χ2n) is 7.93. The van der Waals surface area contributed by atoms with Crippen LogP contribution in [0.2, 0.25) is 10.0 Å². The van der Waals surface area contributed by atoms with Crippen molar-refractivity contribution in [1.29, 1.82) is 0 Å². The summed E-state index contributed by atoms with van der Waals surface area (Å²) in [5, 5.41) is 1.06. The highest BCUT2D eigenvalue weighted by Crippen LogP contribution is 2.25. The number of nitrogens with zero attached hydrogens (tertiary/aromatic N) is 2. The third-order valence-corrected chi connectivity index (χ3v) is 5.69. The van der Waals surface area contributed by atoms with Gasteiger partial charge in [0.2, 0.25) is 12.6 Å². The van der Waals surface area contributed by atoms with E-state index >= 15 is 0 Å². The summed E-state index contributed by atoms with van der Waals surface area (Å²) in [7, 11) is 0. The molecule has 1 heterocycles. The van der Waals surface area contributed by atoms with E-state index in [1.165, 1.54) is 9.80 Å². The Morgan fingerprint density at radius 2 is 1.09 bits per heavy atom. The van der Waals surface area contributed by atoms with Crippen molar-refractivity contribution in [2.45, 2.75) is 40.3 Å². The van der Waals surface area contributed by atoms with Crippen LogP contribution in [-0.2, 0) is 9.47 Å². The fraction of sp³-hybridized carbons (Fsp3) is 0.417. The molecule has 8 nitrogen and oxygen atoms in total. The number of rotatable bonds is 6. The molecule has 10 heteroatoms. The molecular weight excluding hydrogens is 483 g/mol. The first-order chi connectivity index (χ1) is 16.1. The number of hydrogen-bond donors (Lipinski definition) is 0. The Bertz CT molecular complexity index is 945. The van der Waals surface area contributed by atoms with Crippen molar-refractivity contribution in [3.8, 4) is 11.5 Å². The first-order valence-electron chi connectivity index (χ1n) is 10.9. The maximum Gasteiger partial charge on any atom is 0.412 e. The predicted octanol–water partition coefficient (Wildman–Crippen LogP) is 5.65. The summed E-state index contributed by atoms with van der Waals surface area (Å²) < 4.78 is 22.2. The molecule has 3 rings (SSSR count). The Balaban J connectivity index is 1.43. The summed E-state index contributed by atoms with van der Waals surface area (Å²) in [6.45, 7) is 8.24. The molecule has 2 atom stereocenters. The molecule has 184 valence electrons. The lowest BCUT2D eigenvalue weighted by Crippen LogP contribution is -2.51. The van der Waals surface area contributed by atoms with Gasteiger partial charge in [-0.25, -0.2) is 9.59 Å². The molecule has 2 aromatic carbocycles. The van der Waals surface area contributed by atoms with Crippen LogP contribution in [0.4, 0.5) is 9.59 Å². The van der Waals surface area contributed by atoms with Crippen LogP contribution in [-0.4, -0.2) is 60.7 Å². The van der Waals surface area contributed by atoms with Crippen LogP contribution in [0.25, 0.3) is 0 Å². The van der Waals surface area contributed by atoms with Gasteiger partial charge in [0.1, 0.15) is 11.5 Å². The number of benzene rings is 2. The molecule has 1 fully saturated rings. The SMILES string of the molecule is Cc1ccc(Cl)cc1O[C@@H](C)OC(=O)N1CCN(C(=O)O[C@H](C)Oc2cc(Cl)ccc2C)CC1. The molecule has 0 saturated carbocycles. The number of halogens is 2. The largest absolute Gasteiger partial charge is 0.455 e. The average Bonchev–Trinajstić information content (AvgIpc) is 2.78. The molecule has 0 N–H and O–H groups in total. The maximum atomic E-state index is 12.5. The summed E-state index contributed by atoms with van der Waals surface area (Å²) in [4.78, 5) is 28.0. The second-order valence-corrected chi connectivity index (χ2v) is 8.81. The Morgan fingerprint density at radius 3 is 1.44 bits per heavy atom. The lowest BCUT2D eigenvalue weighted by molar-refractivity contribution is -0.0482. The lowest BCUT2D eigenvalue weighted by atomic mass is 10.2. The van der Waals surface area contributed by atoms with Crippen LogP contribution < -0.4 is 9.47 Å². The van der Waals surface area contributed by atoms with E-state index in [-0.39, 0.29) is 0 Å². The van der Waals surface area contributed by atoms with E-state index < -0.39 is 24.8 Å². The monoisotopic (exact) mass is 510 g/mol. The molecule has 0 radical (unpaired) electrons. The molecule has 0 bridgehead atoms. The molecule has 1 aliphatic heterocycles. The van der Waals surface area contributed by atoms with Crippen LogP contribution in [0.15, 0.2) is 36.4 Å². The summed E-state index contributed by atoms with van der Waals surface area (Å²) in [6, 6.07) is 10.5.